The lowest BCUT2D eigenvalue weighted by Crippen LogP contribution is -2.60. The van der Waals surface area contributed by atoms with Crippen LogP contribution in [-0.2, 0) is 17.8 Å². The van der Waals surface area contributed by atoms with E-state index in [1.54, 1.807) is 0 Å². The standard InChI is InChI=1S/C35H37ClF3N3O2/c1-20-21(2)32(38)34(33(39)31(20)37)44-15-5-6-22-9-11-23(12-10-22)27-16-25-17-40-18-29(41-25)30(27)35(43)42(26-13-14-26)19-24-7-3-4-8-28(24)36/h3-4,7-12,25-26,29,40-41H,5-6,13-19H2,1-2H3/t25-,29-/m1/s1. The molecule has 2 aliphatic heterocycles. The second-order valence-electron chi connectivity index (χ2n) is 12.1. The van der Waals surface area contributed by atoms with Crippen molar-refractivity contribution in [1.29, 1.82) is 0 Å². The fourth-order valence-electron chi connectivity index (χ4n) is 6.27. The van der Waals surface area contributed by atoms with Crippen molar-refractivity contribution in [3.63, 3.8) is 0 Å². The maximum atomic E-state index is 14.5. The molecule has 0 aromatic heterocycles. The Morgan fingerprint density at radius 1 is 0.977 bits per heavy atom. The van der Waals surface area contributed by atoms with Gasteiger partial charge in [0.05, 0.1) is 12.6 Å². The molecular formula is C35H37ClF3N3O2. The Bertz CT molecular complexity index is 1560. The highest BCUT2D eigenvalue weighted by Gasteiger charge is 2.41. The van der Waals surface area contributed by atoms with Crippen LogP contribution in [0.4, 0.5) is 13.2 Å². The minimum absolute atomic E-state index is 0.0450. The molecule has 3 aromatic rings. The molecule has 1 amide bonds. The van der Waals surface area contributed by atoms with Crippen molar-refractivity contribution >= 4 is 23.1 Å². The number of halogens is 4. The Kier molecular flexibility index (Phi) is 9.03. The molecule has 0 spiro atoms. The molecule has 6 rings (SSSR count). The van der Waals surface area contributed by atoms with Gasteiger partial charge in [0, 0.05) is 42.3 Å². The number of piperazine rings is 1. The molecule has 44 heavy (non-hydrogen) atoms. The number of fused-ring (bicyclic) bond motifs is 2. The largest absolute Gasteiger partial charge is 0.488 e. The molecule has 1 saturated heterocycles. The Morgan fingerprint density at radius 2 is 1.70 bits per heavy atom. The fourth-order valence-corrected chi connectivity index (χ4v) is 6.46. The lowest BCUT2D eigenvalue weighted by Gasteiger charge is -2.41. The molecule has 5 nitrogen and oxygen atoms in total. The summed E-state index contributed by atoms with van der Waals surface area (Å²) in [5.74, 6) is -3.83. The van der Waals surface area contributed by atoms with E-state index in [9.17, 15) is 18.0 Å². The highest BCUT2D eigenvalue weighted by molar-refractivity contribution is 6.31. The number of hydrogen-bond donors (Lipinski definition) is 2. The summed E-state index contributed by atoms with van der Waals surface area (Å²) in [6.45, 7) is 4.81. The molecular weight excluding hydrogens is 587 g/mol. The lowest BCUT2D eigenvalue weighted by atomic mass is 9.83. The van der Waals surface area contributed by atoms with Gasteiger partial charge in [0.25, 0.3) is 5.91 Å². The Morgan fingerprint density at radius 3 is 2.43 bits per heavy atom. The summed E-state index contributed by atoms with van der Waals surface area (Å²) in [5.41, 5.74) is 4.89. The zero-order chi connectivity index (χ0) is 31.0. The number of benzene rings is 3. The zero-order valence-electron chi connectivity index (χ0n) is 25.0. The maximum Gasteiger partial charge on any atom is 0.252 e. The third-order valence-corrected chi connectivity index (χ3v) is 9.42. The summed E-state index contributed by atoms with van der Waals surface area (Å²) in [7, 11) is 0. The van der Waals surface area contributed by atoms with E-state index in [0.717, 1.165) is 53.6 Å². The molecule has 2 N–H and O–H groups in total. The van der Waals surface area contributed by atoms with Gasteiger partial charge in [-0.3, -0.25) is 4.79 Å². The van der Waals surface area contributed by atoms with Crippen molar-refractivity contribution in [2.75, 3.05) is 19.7 Å². The first kappa shape index (κ1) is 30.7. The smallest absolute Gasteiger partial charge is 0.252 e. The topological polar surface area (TPSA) is 53.6 Å². The molecule has 0 radical (unpaired) electrons. The van der Waals surface area contributed by atoms with Crippen molar-refractivity contribution < 1.29 is 22.7 Å². The van der Waals surface area contributed by atoms with Gasteiger partial charge in [0.1, 0.15) is 0 Å². The number of ether oxygens (including phenoxy) is 1. The van der Waals surface area contributed by atoms with Gasteiger partial charge < -0.3 is 20.3 Å². The Hall–Kier alpha value is -3.33. The van der Waals surface area contributed by atoms with E-state index in [2.05, 4.69) is 22.8 Å². The van der Waals surface area contributed by atoms with Gasteiger partial charge in [-0.2, -0.15) is 4.39 Å². The van der Waals surface area contributed by atoms with E-state index in [1.165, 1.54) is 13.8 Å². The Balaban J connectivity index is 1.18. The van der Waals surface area contributed by atoms with Crippen LogP contribution in [0.2, 0.25) is 5.02 Å². The van der Waals surface area contributed by atoms with Crippen molar-refractivity contribution in [3.8, 4) is 5.75 Å². The summed E-state index contributed by atoms with van der Waals surface area (Å²) < 4.78 is 48.2. The van der Waals surface area contributed by atoms with Crippen molar-refractivity contribution in [3.05, 3.63) is 104 Å². The van der Waals surface area contributed by atoms with E-state index < -0.39 is 23.2 Å². The first-order valence-electron chi connectivity index (χ1n) is 15.3. The molecule has 3 aromatic carbocycles. The number of nitrogens with one attached hydrogen (secondary N) is 2. The first-order valence-corrected chi connectivity index (χ1v) is 15.7. The molecule has 9 heteroatoms. The Labute approximate surface area is 261 Å². The van der Waals surface area contributed by atoms with Gasteiger partial charge in [-0.15, -0.1) is 0 Å². The maximum absolute atomic E-state index is 14.5. The number of nitrogens with zero attached hydrogens (tertiary/aromatic N) is 1. The highest BCUT2D eigenvalue weighted by atomic mass is 35.5. The second kappa shape index (κ2) is 13.0. The predicted molar refractivity (Wildman–Crippen MR) is 166 cm³/mol. The number of amides is 1. The van der Waals surface area contributed by atoms with Crippen LogP contribution in [0, 0.1) is 31.3 Å². The van der Waals surface area contributed by atoms with E-state index in [0.29, 0.717) is 31.0 Å². The number of rotatable bonds is 10. The zero-order valence-corrected chi connectivity index (χ0v) is 25.7. The van der Waals surface area contributed by atoms with E-state index >= 15 is 0 Å². The van der Waals surface area contributed by atoms with Gasteiger partial charge in [0.15, 0.2) is 17.4 Å². The molecule has 2 heterocycles. The van der Waals surface area contributed by atoms with Crippen molar-refractivity contribution in [1.82, 2.24) is 15.5 Å². The van der Waals surface area contributed by atoms with Gasteiger partial charge in [-0.05, 0) is 85.4 Å². The van der Waals surface area contributed by atoms with Gasteiger partial charge in [-0.25, -0.2) is 8.78 Å². The number of hydrogen-bond acceptors (Lipinski definition) is 4. The van der Waals surface area contributed by atoms with Gasteiger partial charge >= 0.3 is 0 Å². The fraction of sp³-hybridized carbons (Fsp3) is 0.400. The van der Waals surface area contributed by atoms with Gasteiger partial charge in [0.2, 0.25) is 5.82 Å². The van der Waals surface area contributed by atoms with E-state index in [1.807, 2.05) is 41.3 Å². The molecule has 1 saturated carbocycles. The van der Waals surface area contributed by atoms with Crippen LogP contribution >= 0.6 is 11.6 Å². The van der Waals surface area contributed by atoms with Crippen molar-refractivity contribution in [2.45, 2.75) is 70.6 Å². The van der Waals surface area contributed by atoms with Gasteiger partial charge in [-0.1, -0.05) is 54.1 Å². The highest BCUT2D eigenvalue weighted by Crippen LogP contribution is 2.37. The summed E-state index contributed by atoms with van der Waals surface area (Å²) >= 11 is 6.49. The van der Waals surface area contributed by atoms with Crippen LogP contribution in [0.3, 0.4) is 0 Å². The van der Waals surface area contributed by atoms with Crippen LogP contribution in [0.1, 0.15) is 53.5 Å². The van der Waals surface area contributed by atoms with E-state index in [4.69, 9.17) is 16.3 Å². The molecule has 2 fully saturated rings. The third kappa shape index (κ3) is 6.25. The molecule has 3 aliphatic rings. The molecule has 2 bridgehead atoms. The quantitative estimate of drug-likeness (QED) is 0.196. The summed E-state index contributed by atoms with van der Waals surface area (Å²) in [5, 5.41) is 7.81. The van der Waals surface area contributed by atoms with Crippen LogP contribution < -0.4 is 15.4 Å². The van der Waals surface area contributed by atoms with Crippen LogP contribution in [0.5, 0.6) is 5.75 Å². The molecule has 0 unspecified atom stereocenters. The molecule has 232 valence electrons. The summed E-state index contributed by atoms with van der Waals surface area (Å²) in [6.07, 6.45) is 3.84. The number of aryl methyl sites for hydroxylation is 1. The lowest BCUT2D eigenvalue weighted by molar-refractivity contribution is -0.128. The first-order chi connectivity index (χ1) is 21.2. The predicted octanol–water partition coefficient (Wildman–Crippen LogP) is 6.66. The SMILES string of the molecule is Cc1c(C)c(F)c(OCCCc2ccc(C3=C(C(=O)N(Cc4ccccc4Cl)C4CC4)[C@H]4CNC[C@@H](C3)N4)cc2)c(F)c1F. The normalized spacial score (nSPS) is 19.7. The van der Waals surface area contributed by atoms with Crippen LogP contribution in [-0.4, -0.2) is 48.6 Å². The van der Waals surface area contributed by atoms with Crippen molar-refractivity contribution in [2.24, 2.45) is 0 Å². The monoisotopic (exact) mass is 623 g/mol. The number of carbonyl (C=O) groups excluding carboxylic acids is 1. The second-order valence-corrected chi connectivity index (χ2v) is 12.5. The number of carbonyl (C=O) groups is 1. The van der Waals surface area contributed by atoms with Crippen LogP contribution in [0.15, 0.2) is 54.1 Å². The minimum atomic E-state index is -1.29. The molecule has 2 atom stereocenters. The average Bonchev–Trinajstić information content (AvgIpc) is 3.87. The third-order valence-electron chi connectivity index (χ3n) is 9.05. The average molecular weight is 624 g/mol. The van der Waals surface area contributed by atoms with Crippen LogP contribution in [0.25, 0.3) is 5.57 Å². The summed E-state index contributed by atoms with van der Waals surface area (Å²) in [6, 6.07) is 16.2. The molecule has 1 aliphatic carbocycles. The van der Waals surface area contributed by atoms with E-state index in [-0.39, 0.29) is 41.8 Å². The summed E-state index contributed by atoms with van der Waals surface area (Å²) in [4.78, 5) is 16.3. The minimum Gasteiger partial charge on any atom is -0.488 e.